The number of halogens is 5. The van der Waals surface area contributed by atoms with Crippen LogP contribution in [0.3, 0.4) is 0 Å². The van der Waals surface area contributed by atoms with Gasteiger partial charge >= 0.3 is 6.18 Å². The van der Waals surface area contributed by atoms with E-state index >= 15 is 0 Å². The smallest absolute Gasteiger partial charge is 0.398 e. The quantitative estimate of drug-likeness (QED) is 0.509. The zero-order valence-corrected chi connectivity index (χ0v) is 11.1. The van der Waals surface area contributed by atoms with Gasteiger partial charge < -0.3 is 5.73 Å². The van der Waals surface area contributed by atoms with E-state index in [0.29, 0.717) is 6.07 Å². The average Bonchev–Trinajstić information content (AvgIpc) is 2.37. The molecule has 0 amide bonds. The van der Waals surface area contributed by atoms with Gasteiger partial charge in [0.2, 0.25) is 0 Å². The third kappa shape index (κ3) is 3.16. The summed E-state index contributed by atoms with van der Waals surface area (Å²) in [6.07, 6.45) is -4.62. The zero-order chi connectivity index (χ0) is 15.8. The van der Waals surface area contributed by atoms with Crippen LogP contribution in [0.25, 0.3) is 0 Å². The lowest BCUT2D eigenvalue weighted by Gasteiger charge is -2.11. The summed E-state index contributed by atoms with van der Waals surface area (Å²) in [4.78, 5) is 12.1. The van der Waals surface area contributed by atoms with Crippen LogP contribution < -0.4 is 5.73 Å². The highest BCUT2D eigenvalue weighted by Crippen LogP contribution is 2.32. The molecule has 2 nitrogen and oxygen atoms in total. The molecule has 0 bridgehead atoms. The van der Waals surface area contributed by atoms with E-state index in [9.17, 15) is 22.4 Å². The number of anilines is 1. The van der Waals surface area contributed by atoms with Crippen LogP contribution in [0.5, 0.6) is 0 Å². The molecule has 2 aromatic rings. The number of ketones is 1. The van der Waals surface area contributed by atoms with Gasteiger partial charge in [-0.25, -0.2) is 4.39 Å². The SMILES string of the molecule is Nc1ccc(C(F)(F)F)cc1C(=O)c1ccc(Cl)cc1F. The molecule has 2 N–H and O–H groups in total. The molecule has 2 aromatic carbocycles. The van der Waals surface area contributed by atoms with Gasteiger partial charge in [0.1, 0.15) is 5.82 Å². The number of nitrogen functional groups attached to an aromatic ring is 1. The van der Waals surface area contributed by atoms with Gasteiger partial charge in [-0.05, 0) is 36.4 Å². The Hall–Kier alpha value is -2.08. The van der Waals surface area contributed by atoms with Crippen molar-refractivity contribution in [1.82, 2.24) is 0 Å². The number of alkyl halides is 3. The molecule has 110 valence electrons. The van der Waals surface area contributed by atoms with Gasteiger partial charge in [0, 0.05) is 16.3 Å². The fourth-order valence-electron chi connectivity index (χ4n) is 1.75. The van der Waals surface area contributed by atoms with Crippen molar-refractivity contribution < 1.29 is 22.4 Å². The van der Waals surface area contributed by atoms with Crippen molar-refractivity contribution in [3.63, 3.8) is 0 Å². The van der Waals surface area contributed by atoms with Crippen LogP contribution in [0.4, 0.5) is 23.2 Å². The molecule has 0 spiro atoms. The van der Waals surface area contributed by atoms with Crippen molar-refractivity contribution in [2.24, 2.45) is 0 Å². The summed E-state index contributed by atoms with van der Waals surface area (Å²) in [6.45, 7) is 0. The maximum Gasteiger partial charge on any atom is 0.416 e. The third-order valence-electron chi connectivity index (χ3n) is 2.80. The van der Waals surface area contributed by atoms with E-state index in [1.165, 1.54) is 6.07 Å². The first-order valence-corrected chi connectivity index (χ1v) is 6.04. The Morgan fingerprint density at radius 3 is 2.29 bits per heavy atom. The van der Waals surface area contributed by atoms with Gasteiger partial charge in [0.15, 0.2) is 5.78 Å². The molecular formula is C14H8ClF4NO. The fourth-order valence-corrected chi connectivity index (χ4v) is 1.91. The number of hydrogen-bond acceptors (Lipinski definition) is 2. The predicted molar refractivity (Wildman–Crippen MR) is 70.7 cm³/mol. The fraction of sp³-hybridized carbons (Fsp3) is 0.0714. The van der Waals surface area contributed by atoms with E-state index < -0.39 is 34.5 Å². The number of hydrogen-bond donors (Lipinski definition) is 1. The average molecular weight is 318 g/mol. The van der Waals surface area contributed by atoms with Crippen LogP contribution >= 0.6 is 11.6 Å². The minimum atomic E-state index is -4.62. The third-order valence-corrected chi connectivity index (χ3v) is 3.04. The summed E-state index contributed by atoms with van der Waals surface area (Å²) in [5.41, 5.74) is 3.51. The molecule has 0 saturated carbocycles. The van der Waals surface area contributed by atoms with Crippen LogP contribution in [0.2, 0.25) is 5.02 Å². The van der Waals surface area contributed by atoms with E-state index in [0.717, 1.165) is 24.3 Å². The van der Waals surface area contributed by atoms with Gasteiger partial charge in [-0.3, -0.25) is 4.79 Å². The van der Waals surface area contributed by atoms with Crippen LogP contribution in [0.15, 0.2) is 36.4 Å². The van der Waals surface area contributed by atoms with Crippen molar-refractivity contribution in [2.75, 3.05) is 5.73 Å². The summed E-state index contributed by atoms with van der Waals surface area (Å²) in [7, 11) is 0. The first-order chi connectivity index (χ1) is 9.70. The van der Waals surface area contributed by atoms with Gasteiger partial charge in [-0.1, -0.05) is 11.6 Å². The molecule has 0 aromatic heterocycles. The lowest BCUT2D eigenvalue weighted by atomic mass is 9.99. The molecule has 0 aliphatic rings. The standard InChI is InChI=1S/C14H8ClF4NO/c15-8-2-3-9(11(16)6-8)13(21)10-5-7(14(17,18)19)1-4-12(10)20/h1-6H,20H2. The number of carbonyl (C=O) groups is 1. The second-order valence-corrected chi connectivity index (χ2v) is 4.69. The topological polar surface area (TPSA) is 43.1 Å². The lowest BCUT2D eigenvalue weighted by molar-refractivity contribution is -0.137. The Morgan fingerprint density at radius 2 is 1.71 bits per heavy atom. The maximum absolute atomic E-state index is 13.7. The second-order valence-electron chi connectivity index (χ2n) is 4.25. The van der Waals surface area contributed by atoms with Crippen molar-refractivity contribution in [3.05, 3.63) is 63.9 Å². The molecule has 0 aliphatic carbocycles. The molecule has 21 heavy (non-hydrogen) atoms. The Morgan fingerprint density at radius 1 is 1.05 bits per heavy atom. The Kier molecular flexibility index (Phi) is 3.91. The van der Waals surface area contributed by atoms with E-state index in [2.05, 4.69) is 0 Å². The first kappa shape index (κ1) is 15.3. The molecule has 0 aliphatic heterocycles. The van der Waals surface area contributed by atoms with Crippen LogP contribution in [-0.2, 0) is 6.18 Å². The Bertz CT molecular complexity index is 713. The predicted octanol–water partition coefficient (Wildman–Crippen LogP) is 4.31. The van der Waals surface area contributed by atoms with E-state index in [-0.39, 0.29) is 10.7 Å². The van der Waals surface area contributed by atoms with Gasteiger partial charge in [-0.15, -0.1) is 0 Å². The minimum absolute atomic E-state index is 0.0704. The van der Waals surface area contributed by atoms with Crippen molar-refractivity contribution in [2.45, 2.75) is 6.18 Å². The van der Waals surface area contributed by atoms with Crippen molar-refractivity contribution in [1.29, 1.82) is 0 Å². The molecule has 0 saturated heterocycles. The van der Waals surface area contributed by atoms with E-state index in [1.54, 1.807) is 0 Å². The van der Waals surface area contributed by atoms with E-state index in [4.69, 9.17) is 17.3 Å². The Labute approximate surface area is 122 Å². The highest BCUT2D eigenvalue weighted by atomic mass is 35.5. The number of carbonyl (C=O) groups excluding carboxylic acids is 1. The normalized spacial score (nSPS) is 11.5. The molecule has 2 rings (SSSR count). The summed E-state index contributed by atoms with van der Waals surface area (Å²) in [5.74, 6) is -1.86. The highest BCUT2D eigenvalue weighted by Gasteiger charge is 2.32. The molecule has 0 fully saturated rings. The minimum Gasteiger partial charge on any atom is -0.398 e. The monoisotopic (exact) mass is 317 g/mol. The molecule has 0 unspecified atom stereocenters. The molecule has 0 heterocycles. The summed E-state index contributed by atoms with van der Waals surface area (Å²) in [6, 6.07) is 5.58. The lowest BCUT2D eigenvalue weighted by Crippen LogP contribution is -2.11. The second kappa shape index (κ2) is 5.37. The van der Waals surface area contributed by atoms with Crippen molar-refractivity contribution in [3.8, 4) is 0 Å². The van der Waals surface area contributed by atoms with Crippen molar-refractivity contribution >= 4 is 23.1 Å². The zero-order valence-electron chi connectivity index (χ0n) is 10.3. The number of nitrogens with two attached hydrogens (primary N) is 1. The summed E-state index contributed by atoms with van der Waals surface area (Å²) in [5, 5.41) is 0.0704. The van der Waals surface area contributed by atoms with Crippen LogP contribution in [0, 0.1) is 5.82 Å². The van der Waals surface area contributed by atoms with Crippen LogP contribution in [0.1, 0.15) is 21.5 Å². The maximum atomic E-state index is 13.7. The molecule has 0 atom stereocenters. The van der Waals surface area contributed by atoms with Gasteiger partial charge in [0.25, 0.3) is 0 Å². The van der Waals surface area contributed by atoms with E-state index in [1.807, 2.05) is 0 Å². The number of benzene rings is 2. The molecular weight excluding hydrogens is 310 g/mol. The molecule has 7 heteroatoms. The highest BCUT2D eigenvalue weighted by molar-refractivity contribution is 6.30. The van der Waals surface area contributed by atoms with Gasteiger partial charge in [-0.2, -0.15) is 13.2 Å². The first-order valence-electron chi connectivity index (χ1n) is 5.66. The number of rotatable bonds is 2. The molecule has 0 radical (unpaired) electrons. The van der Waals surface area contributed by atoms with Crippen LogP contribution in [-0.4, -0.2) is 5.78 Å². The largest absolute Gasteiger partial charge is 0.416 e. The summed E-state index contributed by atoms with van der Waals surface area (Å²) >= 11 is 5.56. The Balaban J connectivity index is 2.53. The summed E-state index contributed by atoms with van der Waals surface area (Å²) < 4.78 is 51.6. The van der Waals surface area contributed by atoms with Gasteiger partial charge in [0.05, 0.1) is 11.1 Å².